The fraction of sp³-hybridized carbons (Fsp3) is 0.100. The smallest absolute Gasteiger partial charge is 0.271 e. The second kappa shape index (κ2) is 7.15. The van der Waals surface area contributed by atoms with Gasteiger partial charge in [0.1, 0.15) is 11.6 Å². The lowest BCUT2D eigenvalue weighted by atomic mass is 10.2. The third-order valence-electron chi connectivity index (χ3n) is 4.38. The van der Waals surface area contributed by atoms with Crippen LogP contribution in [0.3, 0.4) is 0 Å². The van der Waals surface area contributed by atoms with Gasteiger partial charge in [0.05, 0.1) is 13.1 Å². The van der Waals surface area contributed by atoms with Crippen molar-refractivity contribution in [2.24, 2.45) is 0 Å². The van der Waals surface area contributed by atoms with Crippen molar-refractivity contribution < 1.29 is 8.78 Å². The first-order valence-corrected chi connectivity index (χ1v) is 8.47. The Hall–Kier alpha value is -3.68. The van der Waals surface area contributed by atoms with Gasteiger partial charge in [-0.15, -0.1) is 0 Å². The number of nitrogens with zero attached hydrogens (tertiary/aromatic N) is 4. The average molecular weight is 380 g/mol. The Bertz CT molecular complexity index is 1280. The lowest BCUT2D eigenvalue weighted by Gasteiger charge is -2.13. The predicted octanol–water partition coefficient (Wildman–Crippen LogP) is 2.33. The zero-order valence-electron chi connectivity index (χ0n) is 14.5. The van der Waals surface area contributed by atoms with Gasteiger partial charge in [-0.25, -0.2) is 23.5 Å². The summed E-state index contributed by atoms with van der Waals surface area (Å²) in [5, 5.41) is 0. The highest BCUT2D eigenvalue weighted by Gasteiger charge is 2.16. The van der Waals surface area contributed by atoms with E-state index < -0.39 is 22.9 Å². The summed E-state index contributed by atoms with van der Waals surface area (Å²) in [6.07, 6.45) is 2.72. The molecule has 0 saturated carbocycles. The summed E-state index contributed by atoms with van der Waals surface area (Å²) < 4.78 is 29.5. The molecule has 0 aliphatic rings. The zero-order chi connectivity index (χ0) is 19.7. The van der Waals surface area contributed by atoms with E-state index in [4.69, 9.17) is 0 Å². The van der Waals surface area contributed by atoms with Gasteiger partial charge in [0, 0.05) is 18.0 Å². The molecule has 4 rings (SSSR count). The Morgan fingerprint density at radius 3 is 2.29 bits per heavy atom. The van der Waals surface area contributed by atoms with Gasteiger partial charge < -0.3 is 0 Å². The van der Waals surface area contributed by atoms with Gasteiger partial charge in [-0.3, -0.25) is 13.9 Å². The molecule has 2 aromatic heterocycles. The normalized spacial score (nSPS) is 11.1. The summed E-state index contributed by atoms with van der Waals surface area (Å²) in [5.74, 6) is -0.889. The molecule has 2 aromatic carbocycles. The number of fused-ring (bicyclic) bond motifs is 1. The lowest BCUT2D eigenvalue weighted by Crippen LogP contribution is -2.41. The van der Waals surface area contributed by atoms with Gasteiger partial charge in [0.15, 0.2) is 11.2 Å². The van der Waals surface area contributed by atoms with E-state index in [-0.39, 0.29) is 29.8 Å². The molecule has 0 unspecified atom stereocenters. The molecule has 0 aliphatic carbocycles. The van der Waals surface area contributed by atoms with E-state index in [1.54, 1.807) is 18.2 Å². The van der Waals surface area contributed by atoms with Gasteiger partial charge in [0.25, 0.3) is 5.56 Å². The lowest BCUT2D eigenvalue weighted by molar-refractivity contribution is 0.581. The highest BCUT2D eigenvalue weighted by Crippen LogP contribution is 2.11. The van der Waals surface area contributed by atoms with Crippen LogP contribution in [-0.2, 0) is 13.1 Å². The van der Waals surface area contributed by atoms with Gasteiger partial charge in [-0.05, 0) is 23.8 Å². The largest absolute Gasteiger partial charge is 0.333 e. The molecule has 0 radical (unpaired) electrons. The maximum absolute atomic E-state index is 14.1. The van der Waals surface area contributed by atoms with Crippen molar-refractivity contribution in [1.82, 2.24) is 19.1 Å². The molecule has 0 fully saturated rings. The van der Waals surface area contributed by atoms with Crippen LogP contribution in [-0.4, -0.2) is 19.1 Å². The Morgan fingerprint density at radius 2 is 1.54 bits per heavy atom. The highest BCUT2D eigenvalue weighted by atomic mass is 19.1. The summed E-state index contributed by atoms with van der Waals surface area (Å²) in [5.41, 5.74) is -0.325. The summed E-state index contributed by atoms with van der Waals surface area (Å²) in [4.78, 5) is 34.0. The second-order valence-corrected chi connectivity index (χ2v) is 6.21. The first kappa shape index (κ1) is 17.7. The van der Waals surface area contributed by atoms with Crippen LogP contribution in [0, 0.1) is 11.6 Å². The van der Waals surface area contributed by atoms with Crippen molar-refractivity contribution in [1.29, 1.82) is 0 Å². The topological polar surface area (TPSA) is 69.8 Å². The summed E-state index contributed by atoms with van der Waals surface area (Å²) in [6, 6.07) is 11.5. The van der Waals surface area contributed by atoms with Crippen molar-refractivity contribution in [2.75, 3.05) is 0 Å². The average Bonchev–Trinajstić information content (AvgIpc) is 2.71. The SMILES string of the molecule is O=c1c2nccnc2n(Cc2ccccc2F)c(=O)n1Cc1ccc(F)cc1. The molecular weight excluding hydrogens is 366 g/mol. The van der Waals surface area contributed by atoms with E-state index in [1.807, 2.05) is 0 Å². The van der Waals surface area contributed by atoms with Crippen molar-refractivity contribution in [2.45, 2.75) is 13.1 Å². The molecule has 0 aliphatic heterocycles. The molecule has 4 aromatic rings. The van der Waals surface area contributed by atoms with Crippen LogP contribution in [0.15, 0.2) is 70.5 Å². The fourth-order valence-electron chi connectivity index (χ4n) is 2.98. The standard InChI is InChI=1S/C20H14F2N4O2/c21-15-7-5-13(6-8-15)11-26-19(27)17-18(24-10-9-23-17)25(20(26)28)12-14-3-1-2-4-16(14)22/h1-10H,11-12H2. The molecule has 6 nitrogen and oxygen atoms in total. The number of hydrogen-bond acceptors (Lipinski definition) is 4. The molecular formula is C20H14F2N4O2. The molecule has 0 bridgehead atoms. The maximum atomic E-state index is 14.1. The van der Waals surface area contributed by atoms with Gasteiger partial charge in [-0.1, -0.05) is 30.3 Å². The summed E-state index contributed by atoms with van der Waals surface area (Å²) in [7, 11) is 0. The number of aromatic nitrogens is 4. The Labute approximate surface area is 157 Å². The van der Waals surface area contributed by atoms with Crippen LogP contribution in [0.2, 0.25) is 0 Å². The second-order valence-electron chi connectivity index (χ2n) is 6.21. The van der Waals surface area contributed by atoms with E-state index >= 15 is 0 Å². The monoisotopic (exact) mass is 380 g/mol. The highest BCUT2D eigenvalue weighted by molar-refractivity contribution is 5.68. The van der Waals surface area contributed by atoms with Crippen molar-refractivity contribution in [3.05, 3.63) is 105 Å². The summed E-state index contributed by atoms with van der Waals surface area (Å²) in [6.45, 7) is -0.174. The van der Waals surface area contributed by atoms with Crippen LogP contribution >= 0.6 is 0 Å². The number of halogens is 2. The number of rotatable bonds is 4. The van der Waals surface area contributed by atoms with E-state index in [0.717, 1.165) is 4.57 Å². The molecule has 8 heteroatoms. The minimum Gasteiger partial charge on any atom is -0.271 e. The first-order chi connectivity index (χ1) is 13.5. The molecule has 28 heavy (non-hydrogen) atoms. The quantitative estimate of drug-likeness (QED) is 0.545. The van der Waals surface area contributed by atoms with Gasteiger partial charge >= 0.3 is 5.69 Å². The van der Waals surface area contributed by atoms with Crippen molar-refractivity contribution >= 4 is 11.2 Å². The molecule has 0 amide bonds. The van der Waals surface area contributed by atoms with E-state index in [9.17, 15) is 18.4 Å². The first-order valence-electron chi connectivity index (χ1n) is 8.47. The van der Waals surface area contributed by atoms with Crippen molar-refractivity contribution in [3.8, 4) is 0 Å². The minimum absolute atomic E-state index is 0.000510. The minimum atomic E-state index is -0.648. The third kappa shape index (κ3) is 3.20. The Kier molecular flexibility index (Phi) is 4.52. The third-order valence-corrected chi connectivity index (χ3v) is 4.38. The Morgan fingerprint density at radius 1 is 0.821 bits per heavy atom. The van der Waals surface area contributed by atoms with Gasteiger partial charge in [-0.2, -0.15) is 0 Å². The fourth-order valence-corrected chi connectivity index (χ4v) is 2.98. The van der Waals surface area contributed by atoms with Crippen LogP contribution in [0.4, 0.5) is 8.78 Å². The number of hydrogen-bond donors (Lipinski definition) is 0. The van der Waals surface area contributed by atoms with E-state index in [0.29, 0.717) is 5.56 Å². The molecule has 0 saturated heterocycles. The van der Waals surface area contributed by atoms with E-state index in [2.05, 4.69) is 9.97 Å². The van der Waals surface area contributed by atoms with Crippen LogP contribution in [0.1, 0.15) is 11.1 Å². The van der Waals surface area contributed by atoms with Gasteiger partial charge in [0.2, 0.25) is 0 Å². The Balaban J connectivity index is 1.91. The molecule has 0 spiro atoms. The number of benzene rings is 2. The predicted molar refractivity (Wildman–Crippen MR) is 99.1 cm³/mol. The van der Waals surface area contributed by atoms with Crippen LogP contribution in [0.5, 0.6) is 0 Å². The van der Waals surface area contributed by atoms with Crippen molar-refractivity contribution in [3.63, 3.8) is 0 Å². The van der Waals surface area contributed by atoms with Crippen LogP contribution in [0.25, 0.3) is 11.2 Å². The molecule has 0 N–H and O–H groups in total. The van der Waals surface area contributed by atoms with Crippen LogP contribution < -0.4 is 11.2 Å². The molecule has 2 heterocycles. The zero-order valence-corrected chi connectivity index (χ0v) is 14.5. The summed E-state index contributed by atoms with van der Waals surface area (Å²) >= 11 is 0. The maximum Gasteiger partial charge on any atom is 0.333 e. The molecule has 0 atom stereocenters. The molecule has 140 valence electrons. The van der Waals surface area contributed by atoms with E-state index in [1.165, 1.54) is 47.3 Å².